The molecule has 0 aliphatic carbocycles. The maximum absolute atomic E-state index is 5.62. The Morgan fingerprint density at radius 2 is 1.94 bits per heavy atom. The molecule has 0 radical (unpaired) electrons. The largest absolute Gasteiger partial charge is 0.487 e. The zero-order valence-corrected chi connectivity index (χ0v) is 10.6. The van der Waals surface area contributed by atoms with Crippen LogP contribution in [0, 0.1) is 6.92 Å². The summed E-state index contributed by atoms with van der Waals surface area (Å²) in [7, 11) is 0. The van der Waals surface area contributed by atoms with Gasteiger partial charge in [0, 0.05) is 10.7 Å². The van der Waals surface area contributed by atoms with Gasteiger partial charge < -0.3 is 4.74 Å². The van der Waals surface area contributed by atoms with E-state index in [9.17, 15) is 0 Å². The van der Waals surface area contributed by atoms with E-state index in [1.54, 1.807) is 12.4 Å². The molecule has 2 rings (SSSR count). The number of nitrogens with zero attached hydrogens (tertiary/aromatic N) is 1. The number of hydrogen-bond donors (Lipinski definition) is 0. The molecular weight excluding hydrogens is 266 g/mol. The molecule has 1 heterocycles. The van der Waals surface area contributed by atoms with Gasteiger partial charge in [0.15, 0.2) is 0 Å². The summed E-state index contributed by atoms with van der Waals surface area (Å²) in [5, 5.41) is 0. The van der Waals surface area contributed by atoms with Crippen LogP contribution in [0.5, 0.6) is 5.75 Å². The Balaban J connectivity index is 1.99. The van der Waals surface area contributed by atoms with E-state index in [-0.39, 0.29) is 0 Å². The lowest BCUT2D eigenvalue weighted by Gasteiger charge is -2.06. The molecule has 0 atom stereocenters. The van der Waals surface area contributed by atoms with Crippen LogP contribution in [0.15, 0.2) is 47.2 Å². The number of hydrogen-bond acceptors (Lipinski definition) is 2. The van der Waals surface area contributed by atoms with Crippen molar-refractivity contribution < 1.29 is 4.74 Å². The molecule has 2 aromatic rings. The second kappa shape index (κ2) is 5.12. The molecule has 0 bridgehead atoms. The molecule has 0 fully saturated rings. The maximum atomic E-state index is 5.62. The average molecular weight is 278 g/mol. The minimum absolute atomic E-state index is 0.568. The van der Waals surface area contributed by atoms with Gasteiger partial charge in [0.05, 0.1) is 6.20 Å². The van der Waals surface area contributed by atoms with Crippen molar-refractivity contribution >= 4 is 15.9 Å². The summed E-state index contributed by atoms with van der Waals surface area (Å²) < 4.78 is 6.55. The van der Waals surface area contributed by atoms with Gasteiger partial charge in [0.25, 0.3) is 0 Å². The molecule has 0 spiro atoms. The fourth-order valence-electron chi connectivity index (χ4n) is 1.32. The van der Waals surface area contributed by atoms with E-state index in [0.29, 0.717) is 6.61 Å². The molecule has 3 heteroatoms. The number of aryl methyl sites for hydroxylation is 1. The monoisotopic (exact) mass is 277 g/mol. The highest BCUT2D eigenvalue weighted by Crippen LogP contribution is 2.17. The van der Waals surface area contributed by atoms with Crippen molar-refractivity contribution in [3.05, 3.63) is 58.3 Å². The van der Waals surface area contributed by atoms with E-state index < -0.39 is 0 Å². The summed E-state index contributed by atoms with van der Waals surface area (Å²) in [5.74, 6) is 0.773. The van der Waals surface area contributed by atoms with Gasteiger partial charge in [-0.15, -0.1) is 0 Å². The second-order valence-electron chi connectivity index (χ2n) is 3.61. The van der Waals surface area contributed by atoms with Crippen molar-refractivity contribution in [1.82, 2.24) is 4.98 Å². The van der Waals surface area contributed by atoms with Gasteiger partial charge in [-0.2, -0.15) is 0 Å². The van der Waals surface area contributed by atoms with E-state index in [1.165, 1.54) is 5.56 Å². The van der Waals surface area contributed by atoms with Crippen LogP contribution >= 0.6 is 15.9 Å². The molecule has 0 amide bonds. The van der Waals surface area contributed by atoms with Crippen LogP contribution in [0.25, 0.3) is 0 Å². The number of benzene rings is 1. The predicted molar refractivity (Wildman–Crippen MR) is 67.4 cm³/mol. The van der Waals surface area contributed by atoms with E-state index >= 15 is 0 Å². The highest BCUT2D eigenvalue weighted by atomic mass is 79.9. The van der Waals surface area contributed by atoms with Gasteiger partial charge in [-0.25, -0.2) is 0 Å². The van der Waals surface area contributed by atoms with Crippen LogP contribution in [0.3, 0.4) is 0 Å². The van der Waals surface area contributed by atoms with Gasteiger partial charge in [0.1, 0.15) is 12.4 Å². The Kier molecular flexibility index (Phi) is 3.57. The normalized spacial score (nSPS) is 10.1. The van der Waals surface area contributed by atoms with Gasteiger partial charge in [-0.1, -0.05) is 29.8 Å². The molecule has 0 aliphatic heterocycles. The number of rotatable bonds is 3. The third-order valence-corrected chi connectivity index (χ3v) is 2.64. The number of pyridine rings is 1. The molecule has 1 aromatic carbocycles. The quantitative estimate of drug-likeness (QED) is 0.853. The molecule has 0 N–H and O–H groups in total. The SMILES string of the molecule is Cc1ccc(COc2cncc(Br)c2)cc1. The van der Waals surface area contributed by atoms with Gasteiger partial charge >= 0.3 is 0 Å². The van der Waals surface area contributed by atoms with Crippen LogP contribution < -0.4 is 4.74 Å². The van der Waals surface area contributed by atoms with Gasteiger partial charge in [0.2, 0.25) is 0 Å². The molecule has 0 saturated carbocycles. The Morgan fingerprint density at radius 1 is 1.19 bits per heavy atom. The van der Waals surface area contributed by atoms with Crippen LogP contribution in [0.4, 0.5) is 0 Å². The van der Waals surface area contributed by atoms with Crippen LogP contribution in [0.1, 0.15) is 11.1 Å². The summed E-state index contributed by atoms with van der Waals surface area (Å²) >= 11 is 3.36. The summed E-state index contributed by atoms with van der Waals surface area (Å²) in [6.45, 7) is 2.64. The first-order valence-corrected chi connectivity index (χ1v) is 5.82. The maximum Gasteiger partial charge on any atom is 0.139 e. The van der Waals surface area contributed by atoms with Crippen LogP contribution in [-0.2, 0) is 6.61 Å². The lowest BCUT2D eigenvalue weighted by Crippen LogP contribution is -1.95. The number of ether oxygens (including phenoxy) is 1. The van der Waals surface area contributed by atoms with Gasteiger partial charge in [-0.05, 0) is 34.5 Å². The molecule has 2 nitrogen and oxygen atoms in total. The zero-order valence-electron chi connectivity index (χ0n) is 8.98. The molecule has 0 aliphatic rings. The zero-order chi connectivity index (χ0) is 11.4. The Bertz CT molecular complexity index is 468. The Morgan fingerprint density at radius 3 is 2.62 bits per heavy atom. The topological polar surface area (TPSA) is 22.1 Å². The molecule has 0 unspecified atom stereocenters. The lowest BCUT2D eigenvalue weighted by atomic mass is 10.2. The summed E-state index contributed by atoms with van der Waals surface area (Å²) in [6, 6.07) is 10.2. The van der Waals surface area contributed by atoms with Crippen LogP contribution in [-0.4, -0.2) is 4.98 Å². The highest BCUT2D eigenvalue weighted by molar-refractivity contribution is 9.10. The van der Waals surface area contributed by atoms with E-state index in [4.69, 9.17) is 4.74 Å². The Hall–Kier alpha value is -1.35. The first-order chi connectivity index (χ1) is 7.74. The molecule has 16 heavy (non-hydrogen) atoms. The first kappa shape index (κ1) is 11.1. The fraction of sp³-hybridized carbons (Fsp3) is 0.154. The van der Waals surface area contributed by atoms with E-state index in [2.05, 4.69) is 52.1 Å². The molecular formula is C13H12BrNO. The first-order valence-electron chi connectivity index (χ1n) is 5.03. The van der Waals surface area contributed by atoms with Crippen molar-refractivity contribution in [1.29, 1.82) is 0 Å². The third kappa shape index (κ3) is 3.07. The standard InChI is InChI=1S/C13H12BrNO/c1-10-2-4-11(5-3-10)9-16-13-6-12(14)7-15-8-13/h2-8H,9H2,1H3. The smallest absolute Gasteiger partial charge is 0.139 e. The molecule has 82 valence electrons. The van der Waals surface area contributed by atoms with E-state index in [1.807, 2.05) is 6.07 Å². The average Bonchev–Trinajstić information content (AvgIpc) is 2.28. The van der Waals surface area contributed by atoms with Crippen molar-refractivity contribution in [3.63, 3.8) is 0 Å². The van der Waals surface area contributed by atoms with Gasteiger partial charge in [-0.3, -0.25) is 4.98 Å². The third-order valence-electron chi connectivity index (χ3n) is 2.21. The van der Waals surface area contributed by atoms with Crippen molar-refractivity contribution in [2.45, 2.75) is 13.5 Å². The van der Waals surface area contributed by atoms with Crippen LogP contribution in [0.2, 0.25) is 0 Å². The number of halogens is 1. The molecule has 1 aromatic heterocycles. The molecule has 0 saturated heterocycles. The lowest BCUT2D eigenvalue weighted by molar-refractivity contribution is 0.305. The summed E-state index contributed by atoms with van der Waals surface area (Å²) in [5.41, 5.74) is 2.42. The van der Waals surface area contributed by atoms with Crippen molar-refractivity contribution in [2.75, 3.05) is 0 Å². The minimum atomic E-state index is 0.568. The van der Waals surface area contributed by atoms with Crippen molar-refractivity contribution in [2.24, 2.45) is 0 Å². The summed E-state index contributed by atoms with van der Waals surface area (Å²) in [4.78, 5) is 4.04. The minimum Gasteiger partial charge on any atom is -0.487 e. The van der Waals surface area contributed by atoms with E-state index in [0.717, 1.165) is 15.8 Å². The fourth-order valence-corrected chi connectivity index (χ4v) is 1.67. The second-order valence-corrected chi connectivity index (χ2v) is 4.53. The summed E-state index contributed by atoms with van der Waals surface area (Å²) in [6.07, 6.45) is 3.44. The highest BCUT2D eigenvalue weighted by Gasteiger charge is 1.97. The predicted octanol–water partition coefficient (Wildman–Crippen LogP) is 3.73. The van der Waals surface area contributed by atoms with Crippen molar-refractivity contribution in [3.8, 4) is 5.75 Å². The Labute approximate surface area is 103 Å². The number of aromatic nitrogens is 1.